The molecule has 7 nitrogen and oxygen atoms in total. The number of nitrogens with zero attached hydrogens (tertiary/aromatic N) is 6. The van der Waals surface area contributed by atoms with Gasteiger partial charge < -0.3 is 19.4 Å². The molecule has 0 radical (unpaired) electrons. The van der Waals surface area contributed by atoms with E-state index in [9.17, 15) is 0 Å². The molecule has 2 heterocycles. The Morgan fingerprint density at radius 3 is 2.75 bits per heavy atom. The minimum atomic E-state index is 0.453. The number of aryl methyl sites for hydroxylation is 2. The van der Waals surface area contributed by atoms with Gasteiger partial charge in [0.15, 0.2) is 11.8 Å². The van der Waals surface area contributed by atoms with Gasteiger partial charge >= 0.3 is 0 Å². The third-order valence-corrected chi connectivity index (χ3v) is 4.00. The highest BCUT2D eigenvalue weighted by atomic mass is 35.5. The molecule has 1 N–H and O–H groups in total. The number of hydrogen-bond donors (Lipinski definition) is 1. The highest BCUT2D eigenvalue weighted by Gasteiger charge is 2.11. The maximum atomic E-state index is 6.06. The van der Waals surface area contributed by atoms with E-state index in [1.165, 1.54) is 0 Å². The fourth-order valence-electron chi connectivity index (χ4n) is 2.25. The summed E-state index contributed by atoms with van der Waals surface area (Å²) in [5.74, 6) is 2.46. The van der Waals surface area contributed by atoms with Gasteiger partial charge in [0.2, 0.25) is 0 Å². The molecule has 0 bridgehead atoms. The fraction of sp³-hybridized carbons (Fsp3) is 0.438. The predicted octanol–water partition coefficient (Wildman–Crippen LogP) is 1.88. The van der Waals surface area contributed by atoms with Crippen LogP contribution >= 0.6 is 11.6 Å². The maximum Gasteiger partial charge on any atom is 0.194 e. The molecule has 0 atom stereocenters. The third-order valence-electron chi connectivity index (χ3n) is 3.79. The number of rotatable bonds is 6. The van der Waals surface area contributed by atoms with E-state index in [0.29, 0.717) is 19.6 Å². The van der Waals surface area contributed by atoms with Crippen LogP contribution in [0.15, 0.2) is 29.9 Å². The monoisotopic (exact) mass is 349 g/mol. The van der Waals surface area contributed by atoms with Gasteiger partial charge in [-0.05, 0) is 13.0 Å². The van der Waals surface area contributed by atoms with Crippen LogP contribution in [0.5, 0.6) is 0 Å². The van der Waals surface area contributed by atoms with Crippen LogP contribution < -0.4 is 5.32 Å². The van der Waals surface area contributed by atoms with Crippen molar-refractivity contribution < 1.29 is 0 Å². The molecule has 0 saturated carbocycles. The molecule has 0 aromatic carbocycles. The second-order valence-corrected chi connectivity index (χ2v) is 6.08. The second-order valence-electron chi connectivity index (χ2n) is 5.65. The standard InChI is InChI=1S/C16H24ClN7/c1-6-7-18-16(19-9-15-21-20-12(2)24(15)5)23(4)11-14-8-13(17)10-22(14)3/h6,8,10H,1,7,9,11H2,2-5H3,(H,18,19). The van der Waals surface area contributed by atoms with Gasteiger partial charge in [-0.25, -0.2) is 4.99 Å². The molecule has 0 aliphatic carbocycles. The lowest BCUT2D eigenvalue weighted by molar-refractivity contribution is 0.462. The molecule has 0 amide bonds. The minimum absolute atomic E-state index is 0.453. The number of aliphatic imine (C=N–C) groups is 1. The van der Waals surface area contributed by atoms with Crippen LogP contribution in [0.4, 0.5) is 0 Å². The van der Waals surface area contributed by atoms with E-state index in [2.05, 4.69) is 27.1 Å². The molecule has 2 rings (SSSR count). The Bertz CT molecular complexity index is 729. The number of aromatic nitrogens is 4. The van der Waals surface area contributed by atoms with Gasteiger partial charge in [0.1, 0.15) is 12.4 Å². The van der Waals surface area contributed by atoms with Crippen molar-refractivity contribution in [2.45, 2.75) is 20.0 Å². The first-order chi connectivity index (χ1) is 11.4. The zero-order valence-electron chi connectivity index (χ0n) is 14.6. The van der Waals surface area contributed by atoms with E-state index in [0.717, 1.165) is 28.3 Å². The summed E-state index contributed by atoms with van der Waals surface area (Å²) < 4.78 is 3.95. The lowest BCUT2D eigenvalue weighted by atomic mass is 10.4. The van der Waals surface area contributed by atoms with Gasteiger partial charge in [-0.1, -0.05) is 17.7 Å². The minimum Gasteiger partial charge on any atom is -0.353 e. The topological polar surface area (TPSA) is 63.3 Å². The molecule has 2 aromatic rings. The molecular weight excluding hydrogens is 326 g/mol. The molecule has 0 aliphatic heterocycles. The van der Waals surface area contributed by atoms with Crippen LogP contribution in [0.25, 0.3) is 0 Å². The van der Waals surface area contributed by atoms with Crippen molar-refractivity contribution in [2.24, 2.45) is 19.1 Å². The predicted molar refractivity (Wildman–Crippen MR) is 97.0 cm³/mol. The summed E-state index contributed by atoms with van der Waals surface area (Å²) >= 11 is 6.06. The maximum absolute atomic E-state index is 6.06. The van der Waals surface area contributed by atoms with E-state index < -0.39 is 0 Å². The number of halogens is 1. The first-order valence-electron chi connectivity index (χ1n) is 7.68. The van der Waals surface area contributed by atoms with Crippen molar-refractivity contribution in [2.75, 3.05) is 13.6 Å². The lowest BCUT2D eigenvalue weighted by Crippen LogP contribution is -2.39. The first kappa shape index (κ1) is 18.1. The molecule has 8 heteroatoms. The van der Waals surface area contributed by atoms with E-state index in [4.69, 9.17) is 11.6 Å². The summed E-state index contributed by atoms with van der Waals surface area (Å²) in [5, 5.41) is 12.2. The SMILES string of the molecule is C=CCNC(=NCc1nnc(C)n1C)N(C)Cc1cc(Cl)cn1C. The number of nitrogens with one attached hydrogen (secondary N) is 1. The first-order valence-corrected chi connectivity index (χ1v) is 8.06. The van der Waals surface area contributed by atoms with Crippen molar-refractivity contribution in [1.82, 2.24) is 29.5 Å². The Labute approximate surface area is 147 Å². The van der Waals surface area contributed by atoms with E-state index in [1.54, 1.807) is 6.08 Å². The second kappa shape index (κ2) is 8.01. The summed E-state index contributed by atoms with van der Waals surface area (Å²) in [5.41, 5.74) is 1.10. The summed E-state index contributed by atoms with van der Waals surface area (Å²) in [7, 11) is 5.90. The summed E-state index contributed by atoms with van der Waals surface area (Å²) in [4.78, 5) is 6.70. The molecular formula is C16H24ClN7. The molecule has 0 fully saturated rings. The van der Waals surface area contributed by atoms with Crippen molar-refractivity contribution in [3.63, 3.8) is 0 Å². The molecule has 0 aliphatic rings. The van der Waals surface area contributed by atoms with Gasteiger partial charge in [0.05, 0.1) is 11.6 Å². The van der Waals surface area contributed by atoms with E-state index >= 15 is 0 Å². The van der Waals surface area contributed by atoms with Gasteiger partial charge in [0, 0.05) is 39.6 Å². The highest BCUT2D eigenvalue weighted by Crippen LogP contribution is 2.14. The van der Waals surface area contributed by atoms with Crippen LogP contribution in [0, 0.1) is 6.92 Å². The average Bonchev–Trinajstić information content (AvgIpc) is 3.02. The van der Waals surface area contributed by atoms with Crippen molar-refractivity contribution in [3.8, 4) is 0 Å². The largest absolute Gasteiger partial charge is 0.353 e. The summed E-state index contributed by atoms with van der Waals surface area (Å²) in [6, 6.07) is 1.95. The Morgan fingerprint density at radius 1 is 1.46 bits per heavy atom. The van der Waals surface area contributed by atoms with E-state index in [1.807, 2.05) is 54.4 Å². The molecule has 2 aromatic heterocycles. The summed E-state index contributed by atoms with van der Waals surface area (Å²) in [6.45, 7) is 7.44. The average molecular weight is 350 g/mol. The molecule has 130 valence electrons. The van der Waals surface area contributed by atoms with Gasteiger partial charge in [-0.3, -0.25) is 0 Å². The van der Waals surface area contributed by atoms with Crippen LogP contribution in [-0.2, 0) is 27.2 Å². The normalized spacial score (nSPS) is 11.6. The zero-order chi connectivity index (χ0) is 17.7. The van der Waals surface area contributed by atoms with Gasteiger partial charge in [0.25, 0.3) is 0 Å². The zero-order valence-corrected chi connectivity index (χ0v) is 15.4. The van der Waals surface area contributed by atoms with Crippen molar-refractivity contribution >= 4 is 17.6 Å². The Morgan fingerprint density at radius 2 is 2.21 bits per heavy atom. The van der Waals surface area contributed by atoms with Gasteiger partial charge in [-0.2, -0.15) is 0 Å². The van der Waals surface area contributed by atoms with Crippen molar-refractivity contribution in [1.29, 1.82) is 0 Å². The molecule has 0 unspecified atom stereocenters. The number of hydrogen-bond acceptors (Lipinski definition) is 3. The van der Waals surface area contributed by atoms with Crippen LogP contribution in [0.1, 0.15) is 17.3 Å². The third kappa shape index (κ3) is 4.38. The van der Waals surface area contributed by atoms with Crippen LogP contribution in [0.3, 0.4) is 0 Å². The van der Waals surface area contributed by atoms with Crippen LogP contribution in [0.2, 0.25) is 5.02 Å². The number of guanidine groups is 1. The molecule has 0 saturated heterocycles. The Hall–Kier alpha value is -2.28. The summed E-state index contributed by atoms with van der Waals surface area (Å²) in [6.07, 6.45) is 3.69. The quantitative estimate of drug-likeness (QED) is 0.491. The fourth-order valence-corrected chi connectivity index (χ4v) is 2.52. The van der Waals surface area contributed by atoms with Crippen LogP contribution in [-0.4, -0.2) is 43.8 Å². The lowest BCUT2D eigenvalue weighted by Gasteiger charge is -2.22. The Kier molecular flexibility index (Phi) is 6.03. The van der Waals surface area contributed by atoms with Gasteiger partial charge in [-0.15, -0.1) is 16.8 Å². The highest BCUT2D eigenvalue weighted by molar-refractivity contribution is 6.30. The molecule has 0 spiro atoms. The smallest absolute Gasteiger partial charge is 0.194 e. The molecule has 24 heavy (non-hydrogen) atoms. The van der Waals surface area contributed by atoms with E-state index in [-0.39, 0.29) is 0 Å². The Balaban J connectivity index is 2.13. The van der Waals surface area contributed by atoms with Crippen molar-refractivity contribution in [3.05, 3.63) is 47.3 Å².